The highest BCUT2D eigenvalue weighted by molar-refractivity contribution is 5.73. The van der Waals surface area contributed by atoms with Crippen LogP contribution in [-0.4, -0.2) is 73.4 Å². The van der Waals surface area contributed by atoms with Crippen LogP contribution in [0.3, 0.4) is 0 Å². The topological polar surface area (TPSA) is 81.4 Å². The molecule has 4 rings (SSSR count). The van der Waals surface area contributed by atoms with Crippen LogP contribution in [0, 0.1) is 12.8 Å². The number of hydrogen-bond acceptors (Lipinski definition) is 6. The van der Waals surface area contributed by atoms with Crippen molar-refractivity contribution in [3.63, 3.8) is 0 Å². The highest BCUT2D eigenvalue weighted by Gasteiger charge is 2.43. The number of aryl methyl sites for hydroxylation is 1. The Hall–Kier alpha value is -1.62. The van der Waals surface area contributed by atoms with E-state index in [1.807, 2.05) is 13.0 Å². The number of morpholine rings is 1. The summed E-state index contributed by atoms with van der Waals surface area (Å²) in [5, 5.41) is 7.12. The normalized spacial score (nSPS) is 27.4. The molecule has 3 fully saturated rings. The third kappa shape index (κ3) is 6.93. The summed E-state index contributed by atoms with van der Waals surface area (Å²) in [6.45, 7) is 7.28. The molecule has 2 saturated heterocycles. The van der Waals surface area contributed by atoms with E-state index in [4.69, 9.17) is 28.5 Å². The second-order valence-electron chi connectivity index (χ2n) is 8.19. The highest BCUT2D eigenvalue weighted by atomic mass is 19.4. The number of hydrogen-bond donors (Lipinski definition) is 1. The molecular weight excluding hydrogens is 419 g/mol. The van der Waals surface area contributed by atoms with Crippen molar-refractivity contribution in [3.8, 4) is 0 Å². The van der Waals surface area contributed by atoms with Gasteiger partial charge in [0.1, 0.15) is 11.5 Å². The molecule has 0 amide bonds. The zero-order chi connectivity index (χ0) is 22.4. The van der Waals surface area contributed by atoms with E-state index in [1.165, 1.54) is 0 Å². The van der Waals surface area contributed by atoms with Crippen molar-refractivity contribution in [2.45, 2.75) is 63.6 Å². The number of furan rings is 1. The molecule has 1 saturated carbocycles. The Morgan fingerprint density at radius 3 is 2.52 bits per heavy atom. The fourth-order valence-electron chi connectivity index (χ4n) is 4.31. The zero-order valence-corrected chi connectivity index (χ0v) is 17.6. The summed E-state index contributed by atoms with van der Waals surface area (Å²) in [4.78, 5) is 11.4. The number of fused-ring (bicyclic) bond motifs is 1. The van der Waals surface area contributed by atoms with Crippen LogP contribution in [0.5, 0.6) is 0 Å². The van der Waals surface area contributed by atoms with E-state index in [0.29, 0.717) is 12.0 Å². The van der Waals surface area contributed by atoms with Gasteiger partial charge >= 0.3 is 12.1 Å². The van der Waals surface area contributed by atoms with Gasteiger partial charge in [-0.2, -0.15) is 13.2 Å². The van der Waals surface area contributed by atoms with E-state index in [9.17, 15) is 13.2 Å². The lowest BCUT2D eigenvalue weighted by Gasteiger charge is -2.38. The molecule has 0 spiro atoms. The maximum Gasteiger partial charge on any atom is 0.490 e. The summed E-state index contributed by atoms with van der Waals surface area (Å²) in [6, 6.07) is 4.60. The first kappa shape index (κ1) is 24.0. The van der Waals surface area contributed by atoms with Crippen molar-refractivity contribution in [1.82, 2.24) is 4.90 Å². The van der Waals surface area contributed by atoms with Crippen LogP contribution < -0.4 is 0 Å². The van der Waals surface area contributed by atoms with E-state index < -0.39 is 12.1 Å². The summed E-state index contributed by atoms with van der Waals surface area (Å²) in [5.74, 6) is -0.0604. The lowest BCUT2D eigenvalue weighted by molar-refractivity contribution is -0.192. The third-order valence-electron chi connectivity index (χ3n) is 5.93. The minimum Gasteiger partial charge on any atom is -0.475 e. The van der Waals surface area contributed by atoms with Crippen LogP contribution in [-0.2, 0) is 25.5 Å². The lowest BCUT2D eigenvalue weighted by atomic mass is 10.0. The molecule has 3 aliphatic rings. The van der Waals surface area contributed by atoms with Crippen molar-refractivity contribution in [3.05, 3.63) is 23.7 Å². The predicted molar refractivity (Wildman–Crippen MR) is 104 cm³/mol. The molecule has 1 aliphatic carbocycles. The number of halogens is 3. The zero-order valence-electron chi connectivity index (χ0n) is 17.6. The molecule has 0 radical (unpaired) electrons. The molecule has 1 aromatic heterocycles. The number of alkyl halides is 3. The van der Waals surface area contributed by atoms with Gasteiger partial charge in [-0.15, -0.1) is 0 Å². The smallest absolute Gasteiger partial charge is 0.475 e. The Labute approximate surface area is 179 Å². The Morgan fingerprint density at radius 2 is 1.90 bits per heavy atom. The molecular formula is C21H30F3NO6. The van der Waals surface area contributed by atoms with Crippen LogP contribution in [0.2, 0.25) is 0 Å². The number of rotatable bonds is 5. The van der Waals surface area contributed by atoms with Crippen molar-refractivity contribution in [2.24, 2.45) is 5.92 Å². The van der Waals surface area contributed by atoms with Gasteiger partial charge in [0.2, 0.25) is 0 Å². The summed E-state index contributed by atoms with van der Waals surface area (Å²) >= 11 is 0. The van der Waals surface area contributed by atoms with Gasteiger partial charge in [-0.3, -0.25) is 4.90 Å². The second kappa shape index (κ2) is 10.8. The Balaban J connectivity index is 0.000000339. The molecule has 1 aromatic rings. The van der Waals surface area contributed by atoms with Crippen LogP contribution in [0.15, 0.2) is 16.5 Å². The van der Waals surface area contributed by atoms with E-state index in [0.717, 1.165) is 76.7 Å². The number of carbonyl (C=O) groups is 1. The number of nitrogens with zero attached hydrogens (tertiary/aromatic N) is 1. The summed E-state index contributed by atoms with van der Waals surface area (Å²) in [7, 11) is 0. The maximum atomic E-state index is 10.6. The number of carboxylic acids is 1. The van der Waals surface area contributed by atoms with Crippen molar-refractivity contribution < 1.29 is 41.7 Å². The van der Waals surface area contributed by atoms with Gasteiger partial charge in [-0.1, -0.05) is 0 Å². The molecule has 31 heavy (non-hydrogen) atoms. The molecule has 2 aliphatic heterocycles. The Kier molecular flexibility index (Phi) is 8.37. The third-order valence-corrected chi connectivity index (χ3v) is 5.93. The first-order valence-corrected chi connectivity index (χ1v) is 10.6. The molecule has 0 aromatic carbocycles. The fraction of sp³-hybridized carbons (Fsp3) is 0.762. The number of carboxylic acid groups (broad SMARTS) is 1. The van der Waals surface area contributed by atoms with Gasteiger partial charge in [-0.05, 0) is 50.7 Å². The van der Waals surface area contributed by atoms with E-state index in [-0.39, 0.29) is 12.2 Å². The number of ether oxygens (including phenoxy) is 3. The minimum atomic E-state index is -5.08. The van der Waals surface area contributed by atoms with E-state index in [2.05, 4.69) is 11.0 Å². The van der Waals surface area contributed by atoms with Crippen LogP contribution in [0.4, 0.5) is 13.2 Å². The van der Waals surface area contributed by atoms with Gasteiger partial charge in [0.25, 0.3) is 0 Å². The molecule has 3 atom stereocenters. The molecule has 3 heterocycles. The lowest BCUT2D eigenvalue weighted by Crippen LogP contribution is -2.51. The first-order chi connectivity index (χ1) is 14.7. The second-order valence-corrected chi connectivity index (χ2v) is 8.19. The fourth-order valence-corrected chi connectivity index (χ4v) is 4.31. The van der Waals surface area contributed by atoms with Gasteiger partial charge in [-0.25, -0.2) is 4.79 Å². The standard InChI is InChI=1S/C19H29NO4.C2HF3O2/c1-14-2-3-16(24-14)12-20-8-11-22-19-17(20)4-5-18(19)23-13-15-6-9-21-10-7-15;3-2(4,5)1(6)7/h2-3,15,17-19H,4-13H2,1H3;(H,6,7)/t17-,18+,19+;/m0./s1. The first-order valence-electron chi connectivity index (χ1n) is 10.6. The van der Waals surface area contributed by atoms with Gasteiger partial charge < -0.3 is 23.7 Å². The van der Waals surface area contributed by atoms with E-state index >= 15 is 0 Å². The molecule has 176 valence electrons. The predicted octanol–water partition coefficient (Wildman–Crippen LogP) is 3.40. The van der Waals surface area contributed by atoms with Crippen molar-refractivity contribution in [1.29, 1.82) is 0 Å². The monoisotopic (exact) mass is 449 g/mol. The summed E-state index contributed by atoms with van der Waals surface area (Å²) < 4.78 is 55.3. The van der Waals surface area contributed by atoms with E-state index in [1.54, 1.807) is 0 Å². The largest absolute Gasteiger partial charge is 0.490 e. The van der Waals surface area contributed by atoms with Gasteiger partial charge in [0.05, 0.1) is 32.0 Å². The molecule has 7 nitrogen and oxygen atoms in total. The van der Waals surface area contributed by atoms with Gasteiger partial charge in [0, 0.05) is 25.8 Å². The molecule has 0 unspecified atom stereocenters. The van der Waals surface area contributed by atoms with Crippen LogP contribution in [0.1, 0.15) is 37.2 Å². The van der Waals surface area contributed by atoms with Crippen molar-refractivity contribution in [2.75, 3.05) is 33.0 Å². The Morgan fingerprint density at radius 1 is 1.19 bits per heavy atom. The average Bonchev–Trinajstić information content (AvgIpc) is 3.33. The van der Waals surface area contributed by atoms with Gasteiger partial charge in [0.15, 0.2) is 0 Å². The quantitative estimate of drug-likeness (QED) is 0.738. The SMILES string of the molecule is Cc1ccc(CN2CCO[C@H]3[C@H](OCC4CCOCC4)CC[C@@H]32)o1.O=C(O)C(F)(F)F. The number of aliphatic carboxylic acids is 1. The molecule has 0 bridgehead atoms. The highest BCUT2D eigenvalue weighted by Crippen LogP contribution is 2.33. The maximum absolute atomic E-state index is 10.6. The molecule has 10 heteroatoms. The average molecular weight is 449 g/mol. The minimum absolute atomic E-state index is 0.217. The molecule has 1 N–H and O–H groups in total. The van der Waals surface area contributed by atoms with Crippen LogP contribution in [0.25, 0.3) is 0 Å². The van der Waals surface area contributed by atoms with Crippen LogP contribution >= 0.6 is 0 Å². The van der Waals surface area contributed by atoms with Crippen molar-refractivity contribution >= 4 is 5.97 Å². The summed E-state index contributed by atoms with van der Waals surface area (Å²) in [5.41, 5.74) is 0. The Bertz CT molecular complexity index is 704. The summed E-state index contributed by atoms with van der Waals surface area (Å²) in [6.07, 6.45) is -0.0968.